The van der Waals surface area contributed by atoms with E-state index in [0.29, 0.717) is 25.6 Å². The van der Waals surface area contributed by atoms with Crippen LogP contribution in [0.3, 0.4) is 0 Å². The summed E-state index contributed by atoms with van der Waals surface area (Å²) in [6, 6.07) is 10.2. The van der Waals surface area contributed by atoms with Crippen LogP contribution in [-0.4, -0.2) is 43.2 Å². The van der Waals surface area contributed by atoms with Crippen LogP contribution in [0.4, 0.5) is 0 Å². The highest BCUT2D eigenvalue weighted by Crippen LogP contribution is 2.39. The normalized spacial score (nSPS) is 25.9. The summed E-state index contributed by atoms with van der Waals surface area (Å²) in [5, 5.41) is 0. The van der Waals surface area contributed by atoms with E-state index in [1.807, 2.05) is 30.0 Å². The Bertz CT molecular complexity index is 472. The molecule has 2 fully saturated rings. The van der Waals surface area contributed by atoms with Gasteiger partial charge in [-0.1, -0.05) is 30.3 Å². The van der Waals surface area contributed by atoms with Crippen LogP contribution in [0.15, 0.2) is 30.3 Å². The first-order valence-electron chi connectivity index (χ1n) is 7.84. The number of carbonyl (C=O) groups is 1. The van der Waals surface area contributed by atoms with Gasteiger partial charge in [-0.15, -0.1) is 0 Å². The summed E-state index contributed by atoms with van der Waals surface area (Å²) in [5.74, 6) is 0.700. The fourth-order valence-electron chi connectivity index (χ4n) is 2.85. The van der Waals surface area contributed by atoms with Crippen LogP contribution < -0.4 is 0 Å². The van der Waals surface area contributed by atoms with Crippen molar-refractivity contribution in [1.29, 1.82) is 0 Å². The maximum Gasteiger partial charge on any atom is 0.248 e. The summed E-state index contributed by atoms with van der Waals surface area (Å²) in [4.78, 5) is 14.2. The topological polar surface area (TPSA) is 38.8 Å². The standard InChI is InChI=1S/C17H23NO3/c1-2-20-12-17(19)18-10-15(13-6-4-3-5-7-13)21-16(11-18)14-8-9-14/h3-7,14-16H,2,8-12H2,1H3/t15-,16+/m0/s1. The predicted octanol–water partition coefficient (Wildman–Crippen LogP) is 2.40. The van der Waals surface area contributed by atoms with Gasteiger partial charge in [0.15, 0.2) is 0 Å². The van der Waals surface area contributed by atoms with Gasteiger partial charge in [-0.2, -0.15) is 0 Å². The second-order valence-electron chi connectivity index (χ2n) is 5.85. The SMILES string of the molecule is CCOCC(=O)N1C[C@@H](c2ccccc2)O[C@@H](C2CC2)C1. The van der Waals surface area contributed by atoms with Crippen molar-refractivity contribution in [3.05, 3.63) is 35.9 Å². The second kappa shape index (κ2) is 6.58. The molecule has 1 aromatic carbocycles. The molecule has 0 unspecified atom stereocenters. The first-order chi connectivity index (χ1) is 10.3. The van der Waals surface area contributed by atoms with Crippen LogP contribution >= 0.6 is 0 Å². The molecule has 1 amide bonds. The summed E-state index contributed by atoms with van der Waals surface area (Å²) in [7, 11) is 0. The van der Waals surface area contributed by atoms with E-state index in [-0.39, 0.29) is 24.7 Å². The maximum absolute atomic E-state index is 12.3. The molecule has 4 heteroatoms. The molecule has 0 aromatic heterocycles. The van der Waals surface area contributed by atoms with Crippen LogP contribution in [0.2, 0.25) is 0 Å². The van der Waals surface area contributed by atoms with Crippen molar-refractivity contribution in [2.75, 3.05) is 26.3 Å². The third-order valence-electron chi connectivity index (χ3n) is 4.23. The van der Waals surface area contributed by atoms with E-state index in [2.05, 4.69) is 12.1 Å². The van der Waals surface area contributed by atoms with E-state index in [9.17, 15) is 4.79 Å². The molecule has 0 radical (unpaired) electrons. The van der Waals surface area contributed by atoms with Crippen molar-refractivity contribution in [1.82, 2.24) is 4.90 Å². The van der Waals surface area contributed by atoms with Crippen molar-refractivity contribution in [2.45, 2.75) is 32.0 Å². The number of ether oxygens (including phenoxy) is 2. The summed E-state index contributed by atoms with van der Waals surface area (Å²) < 4.78 is 11.5. The molecule has 3 rings (SSSR count). The van der Waals surface area contributed by atoms with Gasteiger partial charge in [0.2, 0.25) is 5.91 Å². The molecule has 1 aromatic rings. The number of nitrogens with zero attached hydrogens (tertiary/aromatic N) is 1. The molecule has 4 nitrogen and oxygen atoms in total. The van der Waals surface area contributed by atoms with Crippen LogP contribution in [0.25, 0.3) is 0 Å². The van der Waals surface area contributed by atoms with Gasteiger partial charge in [0.05, 0.1) is 12.6 Å². The van der Waals surface area contributed by atoms with E-state index < -0.39 is 0 Å². The zero-order chi connectivity index (χ0) is 14.7. The van der Waals surface area contributed by atoms with E-state index >= 15 is 0 Å². The minimum atomic E-state index is -0.0175. The second-order valence-corrected chi connectivity index (χ2v) is 5.85. The van der Waals surface area contributed by atoms with Gasteiger partial charge in [-0.3, -0.25) is 4.79 Å². The minimum absolute atomic E-state index is 0.0175. The number of carbonyl (C=O) groups excluding carboxylic acids is 1. The van der Waals surface area contributed by atoms with Gasteiger partial charge in [0.1, 0.15) is 12.7 Å². The van der Waals surface area contributed by atoms with Gasteiger partial charge < -0.3 is 14.4 Å². The number of rotatable bonds is 5. The molecular formula is C17H23NO3. The summed E-state index contributed by atoms with van der Waals surface area (Å²) in [6.07, 6.45) is 2.60. The molecule has 2 atom stereocenters. The number of hydrogen-bond acceptors (Lipinski definition) is 3. The highest BCUT2D eigenvalue weighted by Gasteiger charge is 2.39. The molecule has 0 spiro atoms. The fourth-order valence-corrected chi connectivity index (χ4v) is 2.85. The van der Waals surface area contributed by atoms with E-state index in [0.717, 1.165) is 5.56 Å². The van der Waals surface area contributed by atoms with E-state index in [4.69, 9.17) is 9.47 Å². The van der Waals surface area contributed by atoms with Gasteiger partial charge in [-0.05, 0) is 31.2 Å². The Hall–Kier alpha value is -1.39. The molecule has 1 aliphatic carbocycles. The Morgan fingerprint density at radius 2 is 2.05 bits per heavy atom. The monoisotopic (exact) mass is 289 g/mol. The van der Waals surface area contributed by atoms with E-state index in [1.165, 1.54) is 12.8 Å². The first-order valence-corrected chi connectivity index (χ1v) is 7.84. The molecule has 1 saturated heterocycles. The average Bonchev–Trinajstić information content (AvgIpc) is 3.38. The Morgan fingerprint density at radius 3 is 2.71 bits per heavy atom. The predicted molar refractivity (Wildman–Crippen MR) is 79.9 cm³/mol. The van der Waals surface area contributed by atoms with Crippen molar-refractivity contribution in [3.63, 3.8) is 0 Å². The highest BCUT2D eigenvalue weighted by molar-refractivity contribution is 5.77. The number of amides is 1. The molecule has 0 bridgehead atoms. The van der Waals surface area contributed by atoms with Gasteiger partial charge in [0, 0.05) is 13.2 Å². The summed E-state index contributed by atoms with van der Waals surface area (Å²) in [5.41, 5.74) is 1.15. The van der Waals surface area contributed by atoms with Crippen molar-refractivity contribution < 1.29 is 14.3 Å². The van der Waals surface area contributed by atoms with Crippen LogP contribution in [0.5, 0.6) is 0 Å². The third kappa shape index (κ3) is 3.63. The van der Waals surface area contributed by atoms with Gasteiger partial charge in [0.25, 0.3) is 0 Å². The lowest BCUT2D eigenvalue weighted by molar-refractivity contribution is -0.152. The molecule has 114 valence electrons. The minimum Gasteiger partial charge on any atom is -0.372 e. The third-order valence-corrected chi connectivity index (χ3v) is 4.23. The lowest BCUT2D eigenvalue weighted by Gasteiger charge is -2.38. The molecule has 2 aliphatic rings. The smallest absolute Gasteiger partial charge is 0.248 e. The fraction of sp³-hybridized carbons (Fsp3) is 0.588. The van der Waals surface area contributed by atoms with Crippen LogP contribution in [-0.2, 0) is 14.3 Å². The van der Waals surface area contributed by atoms with Crippen LogP contribution in [0, 0.1) is 5.92 Å². The molecule has 1 heterocycles. The van der Waals surface area contributed by atoms with Gasteiger partial charge in [-0.25, -0.2) is 0 Å². The van der Waals surface area contributed by atoms with Crippen molar-refractivity contribution in [3.8, 4) is 0 Å². The molecule has 1 aliphatic heterocycles. The molecular weight excluding hydrogens is 266 g/mol. The first kappa shape index (κ1) is 14.5. The Kier molecular flexibility index (Phi) is 4.56. The maximum atomic E-state index is 12.3. The quantitative estimate of drug-likeness (QED) is 0.835. The lowest BCUT2D eigenvalue weighted by atomic mass is 10.0. The van der Waals surface area contributed by atoms with Gasteiger partial charge >= 0.3 is 0 Å². The highest BCUT2D eigenvalue weighted by atomic mass is 16.5. The van der Waals surface area contributed by atoms with Crippen molar-refractivity contribution in [2.24, 2.45) is 5.92 Å². The molecule has 0 N–H and O–H groups in total. The number of benzene rings is 1. The summed E-state index contributed by atoms with van der Waals surface area (Å²) >= 11 is 0. The Labute approximate surface area is 126 Å². The van der Waals surface area contributed by atoms with Crippen molar-refractivity contribution >= 4 is 5.91 Å². The molecule has 1 saturated carbocycles. The Balaban J connectivity index is 1.70. The molecule has 21 heavy (non-hydrogen) atoms. The summed E-state index contributed by atoms with van der Waals surface area (Å²) in [6.45, 7) is 3.99. The zero-order valence-electron chi connectivity index (χ0n) is 12.5. The lowest BCUT2D eigenvalue weighted by Crippen LogP contribution is -2.48. The Morgan fingerprint density at radius 1 is 1.29 bits per heavy atom. The number of hydrogen-bond donors (Lipinski definition) is 0. The average molecular weight is 289 g/mol. The van der Waals surface area contributed by atoms with Crippen LogP contribution in [0.1, 0.15) is 31.4 Å². The number of morpholine rings is 1. The van der Waals surface area contributed by atoms with E-state index in [1.54, 1.807) is 0 Å². The zero-order valence-corrected chi connectivity index (χ0v) is 12.5. The largest absolute Gasteiger partial charge is 0.372 e.